The van der Waals surface area contributed by atoms with Crippen LogP contribution in [0, 0.1) is 17.5 Å². The average Bonchev–Trinajstić information content (AvgIpc) is 2.94. The van der Waals surface area contributed by atoms with Gasteiger partial charge in [-0.3, -0.25) is 15.0 Å². The molecule has 0 aliphatic rings. The second kappa shape index (κ2) is 7.91. The number of aromatic amines is 1. The zero-order valence-corrected chi connectivity index (χ0v) is 16.7. The van der Waals surface area contributed by atoms with Crippen molar-refractivity contribution in [3.8, 4) is 0 Å². The van der Waals surface area contributed by atoms with E-state index in [9.17, 15) is 14.0 Å². The molecular formula is C16H13ClFN3O2S3. The molecule has 0 atom stereocenters. The van der Waals surface area contributed by atoms with Crippen molar-refractivity contribution in [2.24, 2.45) is 0 Å². The number of carbonyl (C=O) groups is 1. The highest BCUT2D eigenvalue weighted by molar-refractivity contribution is 7.99. The second-order valence-corrected chi connectivity index (χ2v) is 8.47. The molecule has 1 aromatic carbocycles. The maximum Gasteiger partial charge on any atom is 0.282 e. The van der Waals surface area contributed by atoms with Crippen LogP contribution in [0.25, 0.3) is 10.2 Å². The Hall–Kier alpha value is -1.68. The zero-order valence-electron chi connectivity index (χ0n) is 13.5. The van der Waals surface area contributed by atoms with Gasteiger partial charge in [0.15, 0.2) is 0 Å². The van der Waals surface area contributed by atoms with Crippen LogP contribution >= 0.6 is 46.9 Å². The van der Waals surface area contributed by atoms with Crippen LogP contribution in [0.1, 0.15) is 10.4 Å². The smallest absolute Gasteiger partial charge is 0.282 e. The molecule has 26 heavy (non-hydrogen) atoms. The van der Waals surface area contributed by atoms with Crippen molar-refractivity contribution in [1.82, 2.24) is 9.66 Å². The highest BCUT2D eigenvalue weighted by Gasteiger charge is 2.11. The van der Waals surface area contributed by atoms with Crippen molar-refractivity contribution in [2.45, 2.75) is 12.7 Å². The maximum atomic E-state index is 13.0. The number of nitrogens with one attached hydrogen (secondary N) is 2. The molecule has 0 bridgehead atoms. The Labute approximate surface area is 166 Å². The van der Waals surface area contributed by atoms with Gasteiger partial charge in [0.25, 0.3) is 5.56 Å². The van der Waals surface area contributed by atoms with Crippen LogP contribution < -0.4 is 11.0 Å². The summed E-state index contributed by atoms with van der Waals surface area (Å²) in [6, 6.07) is 5.88. The number of aromatic nitrogens is 2. The molecule has 0 saturated heterocycles. The van der Waals surface area contributed by atoms with Gasteiger partial charge in [-0.15, -0.1) is 23.1 Å². The molecule has 1 amide bonds. The Morgan fingerprint density at radius 1 is 1.46 bits per heavy atom. The third-order valence-corrected chi connectivity index (χ3v) is 6.04. The molecule has 5 nitrogen and oxygen atoms in total. The number of thioether (sulfide) groups is 1. The van der Waals surface area contributed by atoms with E-state index < -0.39 is 5.82 Å². The van der Waals surface area contributed by atoms with E-state index in [-0.39, 0.29) is 22.0 Å². The van der Waals surface area contributed by atoms with Gasteiger partial charge in [0.2, 0.25) is 10.7 Å². The van der Waals surface area contributed by atoms with E-state index in [1.54, 1.807) is 12.1 Å². The molecule has 10 heteroatoms. The minimum atomic E-state index is -0.408. The quantitative estimate of drug-likeness (QED) is 0.596. The molecule has 0 unspecified atom stereocenters. The Morgan fingerprint density at radius 3 is 2.96 bits per heavy atom. The molecule has 0 radical (unpaired) electrons. The number of hydrogen-bond donors (Lipinski definition) is 2. The summed E-state index contributed by atoms with van der Waals surface area (Å²) in [5, 5.41) is 0.794. The van der Waals surface area contributed by atoms with Crippen molar-refractivity contribution in [2.75, 3.05) is 11.2 Å². The van der Waals surface area contributed by atoms with Gasteiger partial charge in [-0.05, 0) is 42.9 Å². The van der Waals surface area contributed by atoms with Crippen LogP contribution in [0.2, 0.25) is 5.02 Å². The summed E-state index contributed by atoms with van der Waals surface area (Å²) in [5.41, 5.74) is 2.87. The molecule has 2 aromatic heterocycles. The first-order valence-electron chi connectivity index (χ1n) is 7.42. The lowest BCUT2D eigenvalue weighted by Gasteiger charge is -2.09. The number of halogens is 2. The van der Waals surface area contributed by atoms with Crippen molar-refractivity contribution in [3.63, 3.8) is 0 Å². The van der Waals surface area contributed by atoms with Crippen molar-refractivity contribution < 1.29 is 9.18 Å². The average molecular weight is 430 g/mol. The Kier molecular flexibility index (Phi) is 5.81. The normalized spacial score (nSPS) is 11.0. The number of amides is 1. The summed E-state index contributed by atoms with van der Waals surface area (Å²) in [6.45, 7) is 1.89. The van der Waals surface area contributed by atoms with Crippen LogP contribution in [0.3, 0.4) is 0 Å². The lowest BCUT2D eigenvalue weighted by atomic mass is 10.2. The third-order valence-electron chi connectivity index (χ3n) is 3.45. The molecular weight excluding hydrogens is 417 g/mol. The number of hydrogen-bond acceptors (Lipinski definition) is 5. The summed E-state index contributed by atoms with van der Waals surface area (Å²) in [7, 11) is 0. The fourth-order valence-corrected chi connectivity index (χ4v) is 4.62. The number of fused-ring (bicyclic) bond motifs is 1. The van der Waals surface area contributed by atoms with Gasteiger partial charge < -0.3 is 4.98 Å². The molecule has 3 rings (SSSR count). The van der Waals surface area contributed by atoms with E-state index in [2.05, 4.69) is 10.4 Å². The summed E-state index contributed by atoms with van der Waals surface area (Å²) in [6.07, 6.45) is 0. The standard InChI is InChI=1S/C16H13ClFN3O2S3/c1-8-4-11-14(26-8)19-16(24)21(15(11)23)20-13(22)7-25-6-9-2-3-10(18)5-12(9)17/h2-5H,6-7H2,1H3,(H,19,24)(H,20,22). The van der Waals surface area contributed by atoms with Crippen molar-refractivity contribution in [1.29, 1.82) is 0 Å². The van der Waals surface area contributed by atoms with Crippen LogP contribution in [-0.2, 0) is 10.5 Å². The number of nitrogens with zero attached hydrogens (tertiary/aromatic N) is 1. The molecule has 3 aromatic rings. The largest absolute Gasteiger partial charge is 0.322 e. The minimum absolute atomic E-state index is 0.0929. The van der Waals surface area contributed by atoms with Gasteiger partial charge >= 0.3 is 0 Å². The maximum absolute atomic E-state index is 13.0. The van der Waals surface area contributed by atoms with Crippen LogP contribution in [0.5, 0.6) is 0 Å². The second-order valence-electron chi connectivity index (χ2n) is 5.43. The molecule has 2 heterocycles. The van der Waals surface area contributed by atoms with Crippen LogP contribution in [-0.4, -0.2) is 21.3 Å². The minimum Gasteiger partial charge on any atom is -0.322 e. The van der Waals surface area contributed by atoms with Gasteiger partial charge in [-0.25, -0.2) is 4.39 Å². The summed E-state index contributed by atoms with van der Waals surface area (Å²) >= 11 is 13.8. The summed E-state index contributed by atoms with van der Waals surface area (Å²) in [4.78, 5) is 29.2. The first kappa shape index (κ1) is 19.1. The number of aryl methyl sites for hydroxylation is 1. The van der Waals surface area contributed by atoms with E-state index in [1.807, 2.05) is 6.92 Å². The Bertz CT molecular complexity index is 1110. The van der Waals surface area contributed by atoms with E-state index in [0.29, 0.717) is 21.0 Å². The highest BCUT2D eigenvalue weighted by atomic mass is 35.5. The van der Waals surface area contributed by atoms with E-state index in [4.69, 9.17) is 23.8 Å². The van der Waals surface area contributed by atoms with Crippen molar-refractivity contribution in [3.05, 3.63) is 60.7 Å². The van der Waals surface area contributed by atoms with Crippen LogP contribution in [0.4, 0.5) is 4.39 Å². The number of rotatable bonds is 5. The molecule has 136 valence electrons. The molecule has 0 aliphatic carbocycles. The number of thiophene rings is 1. The highest BCUT2D eigenvalue weighted by Crippen LogP contribution is 2.22. The molecule has 0 aliphatic heterocycles. The van der Waals surface area contributed by atoms with Gasteiger partial charge in [0, 0.05) is 15.7 Å². The summed E-state index contributed by atoms with van der Waals surface area (Å²) in [5.74, 6) is -0.248. The third kappa shape index (κ3) is 4.17. The number of carbonyl (C=O) groups excluding carboxylic acids is 1. The first-order chi connectivity index (χ1) is 12.3. The number of benzene rings is 1. The Balaban J connectivity index is 1.67. The van der Waals surface area contributed by atoms with E-state index in [1.165, 1.54) is 35.2 Å². The van der Waals surface area contributed by atoms with Gasteiger partial charge in [0.1, 0.15) is 10.6 Å². The fraction of sp³-hybridized carbons (Fsp3) is 0.188. The number of H-pyrrole nitrogens is 1. The molecule has 0 saturated carbocycles. The SMILES string of the molecule is Cc1cc2c(=O)n(NC(=O)CSCc3ccc(F)cc3Cl)c(=S)[nH]c2s1. The topological polar surface area (TPSA) is 66.9 Å². The van der Waals surface area contributed by atoms with Crippen molar-refractivity contribution >= 4 is 63.0 Å². The van der Waals surface area contributed by atoms with E-state index >= 15 is 0 Å². The first-order valence-corrected chi connectivity index (χ1v) is 10.2. The lowest BCUT2D eigenvalue weighted by molar-refractivity contribution is -0.114. The molecule has 0 fully saturated rings. The lowest BCUT2D eigenvalue weighted by Crippen LogP contribution is -2.35. The zero-order chi connectivity index (χ0) is 18.8. The molecule has 0 spiro atoms. The van der Waals surface area contributed by atoms with E-state index in [0.717, 1.165) is 15.1 Å². The van der Waals surface area contributed by atoms with Gasteiger partial charge in [-0.1, -0.05) is 17.7 Å². The predicted octanol–water partition coefficient (Wildman–Crippen LogP) is 4.23. The monoisotopic (exact) mass is 429 g/mol. The van der Waals surface area contributed by atoms with Gasteiger partial charge in [-0.2, -0.15) is 4.68 Å². The van der Waals surface area contributed by atoms with Crippen LogP contribution in [0.15, 0.2) is 29.1 Å². The fourth-order valence-electron chi connectivity index (χ4n) is 2.28. The molecule has 2 N–H and O–H groups in total. The van der Waals surface area contributed by atoms with Gasteiger partial charge in [0.05, 0.1) is 11.1 Å². The predicted molar refractivity (Wildman–Crippen MR) is 108 cm³/mol. The Morgan fingerprint density at radius 2 is 2.23 bits per heavy atom. The summed E-state index contributed by atoms with van der Waals surface area (Å²) < 4.78 is 14.2.